The van der Waals surface area contributed by atoms with Crippen molar-refractivity contribution in [2.75, 3.05) is 11.1 Å². The van der Waals surface area contributed by atoms with Gasteiger partial charge < -0.3 is 5.32 Å². The number of aromatic nitrogens is 2. The number of thioether (sulfide) groups is 1. The lowest BCUT2D eigenvalue weighted by Gasteiger charge is -2.11. The highest BCUT2D eigenvalue weighted by Crippen LogP contribution is 2.42. The van der Waals surface area contributed by atoms with E-state index in [1.807, 2.05) is 0 Å². The van der Waals surface area contributed by atoms with E-state index in [0.717, 1.165) is 29.3 Å². The standard InChI is InChI=1S/C16H21N3O2S2/c1-2-3-4-5-6-7-8-19-10-17-12-13-16(22-9-11(20)18-13)23-14(12)15(19)21/h10H,2-9H2,1H3,(H,18,20). The summed E-state index contributed by atoms with van der Waals surface area (Å²) in [4.78, 5) is 28.6. The van der Waals surface area contributed by atoms with Crippen LogP contribution in [0.3, 0.4) is 0 Å². The zero-order chi connectivity index (χ0) is 16.2. The predicted molar refractivity (Wildman–Crippen MR) is 96.6 cm³/mol. The molecular weight excluding hydrogens is 330 g/mol. The fourth-order valence-electron chi connectivity index (χ4n) is 2.72. The lowest BCUT2D eigenvalue weighted by Crippen LogP contribution is -2.20. The third-order valence-electron chi connectivity index (χ3n) is 3.98. The molecule has 124 valence electrons. The van der Waals surface area contributed by atoms with Gasteiger partial charge in [0.05, 0.1) is 22.0 Å². The molecule has 0 bridgehead atoms. The Balaban J connectivity index is 1.72. The van der Waals surface area contributed by atoms with Crippen LogP contribution in [0, 0.1) is 0 Å². The number of fused-ring (bicyclic) bond motifs is 3. The molecule has 0 spiro atoms. The van der Waals surface area contributed by atoms with Gasteiger partial charge >= 0.3 is 0 Å². The van der Waals surface area contributed by atoms with Crippen LogP contribution in [0.2, 0.25) is 0 Å². The summed E-state index contributed by atoms with van der Waals surface area (Å²) in [5, 5.41) is 2.84. The molecular formula is C16H21N3O2S2. The van der Waals surface area contributed by atoms with Crippen molar-refractivity contribution in [1.29, 1.82) is 0 Å². The van der Waals surface area contributed by atoms with E-state index in [1.165, 1.54) is 48.8 Å². The average molecular weight is 351 g/mol. The second-order valence-electron chi connectivity index (χ2n) is 5.79. The Morgan fingerprint density at radius 1 is 1.22 bits per heavy atom. The first-order valence-corrected chi connectivity index (χ1v) is 9.95. The first kappa shape index (κ1) is 16.5. The second kappa shape index (κ2) is 7.49. The molecule has 2 aromatic heterocycles. The molecule has 1 aliphatic heterocycles. The molecule has 0 atom stereocenters. The number of carbonyl (C=O) groups excluding carboxylic acids is 1. The summed E-state index contributed by atoms with van der Waals surface area (Å²) in [6.07, 6.45) is 8.82. The summed E-state index contributed by atoms with van der Waals surface area (Å²) in [5.41, 5.74) is 1.36. The van der Waals surface area contributed by atoms with Crippen molar-refractivity contribution in [3.05, 3.63) is 16.7 Å². The molecule has 0 aliphatic carbocycles. The fraction of sp³-hybridized carbons (Fsp3) is 0.562. The molecule has 0 aromatic carbocycles. The SMILES string of the molecule is CCCCCCCCn1cnc2c3c(sc2c1=O)SCC(=O)N3. The predicted octanol–water partition coefficient (Wildman–Crippen LogP) is 3.86. The minimum absolute atomic E-state index is 0.0119. The van der Waals surface area contributed by atoms with Gasteiger partial charge in [0.2, 0.25) is 5.91 Å². The maximum Gasteiger partial charge on any atom is 0.271 e. The lowest BCUT2D eigenvalue weighted by molar-refractivity contribution is -0.113. The Morgan fingerprint density at radius 3 is 2.83 bits per heavy atom. The van der Waals surface area contributed by atoms with Crippen LogP contribution in [0.1, 0.15) is 45.4 Å². The Labute approximate surface area is 143 Å². The second-order valence-corrected chi connectivity index (χ2v) is 8.05. The number of amides is 1. The van der Waals surface area contributed by atoms with Gasteiger partial charge in [-0.15, -0.1) is 23.1 Å². The Bertz CT molecular complexity index is 767. The Kier molecular flexibility index (Phi) is 5.38. The number of nitrogens with one attached hydrogen (secondary N) is 1. The van der Waals surface area contributed by atoms with Crippen LogP contribution in [-0.4, -0.2) is 21.2 Å². The van der Waals surface area contributed by atoms with Gasteiger partial charge in [0.25, 0.3) is 5.56 Å². The van der Waals surface area contributed by atoms with Crippen molar-refractivity contribution in [3.63, 3.8) is 0 Å². The molecule has 3 heterocycles. The topological polar surface area (TPSA) is 64.0 Å². The van der Waals surface area contributed by atoms with Crippen molar-refractivity contribution in [2.24, 2.45) is 0 Å². The van der Waals surface area contributed by atoms with Crippen molar-refractivity contribution in [3.8, 4) is 0 Å². The van der Waals surface area contributed by atoms with Crippen molar-refractivity contribution in [2.45, 2.75) is 56.2 Å². The van der Waals surface area contributed by atoms with Crippen molar-refractivity contribution < 1.29 is 4.79 Å². The molecule has 0 saturated heterocycles. The molecule has 0 radical (unpaired) electrons. The number of thiophene rings is 1. The van der Waals surface area contributed by atoms with Crippen LogP contribution < -0.4 is 10.9 Å². The molecule has 1 N–H and O–H groups in total. The van der Waals surface area contributed by atoms with Crippen LogP contribution in [0.25, 0.3) is 10.2 Å². The van der Waals surface area contributed by atoms with Crippen molar-refractivity contribution in [1.82, 2.24) is 9.55 Å². The maximum absolute atomic E-state index is 12.6. The van der Waals surface area contributed by atoms with E-state index in [9.17, 15) is 9.59 Å². The van der Waals surface area contributed by atoms with E-state index < -0.39 is 0 Å². The van der Waals surface area contributed by atoms with Gasteiger partial charge in [-0.05, 0) is 6.42 Å². The van der Waals surface area contributed by atoms with Crippen molar-refractivity contribution >= 4 is 44.9 Å². The summed E-state index contributed by atoms with van der Waals surface area (Å²) in [5.74, 6) is 0.381. The van der Waals surface area contributed by atoms with E-state index in [0.29, 0.717) is 16.0 Å². The van der Waals surface area contributed by atoms with Gasteiger partial charge in [-0.1, -0.05) is 39.0 Å². The van der Waals surface area contributed by atoms with E-state index in [4.69, 9.17) is 0 Å². The van der Waals surface area contributed by atoms with Gasteiger partial charge in [0, 0.05) is 6.54 Å². The largest absolute Gasteiger partial charge is 0.322 e. The molecule has 7 heteroatoms. The maximum atomic E-state index is 12.6. The first-order chi connectivity index (χ1) is 11.2. The lowest BCUT2D eigenvalue weighted by atomic mass is 10.1. The van der Waals surface area contributed by atoms with Crippen LogP contribution >= 0.6 is 23.1 Å². The number of carbonyl (C=O) groups is 1. The third-order valence-corrected chi connectivity index (χ3v) is 6.42. The molecule has 0 fully saturated rings. The number of anilines is 1. The summed E-state index contributed by atoms with van der Waals surface area (Å²) in [7, 11) is 0. The number of aryl methyl sites for hydroxylation is 1. The van der Waals surface area contributed by atoms with E-state index in [1.54, 1.807) is 10.9 Å². The average Bonchev–Trinajstić information content (AvgIpc) is 2.91. The summed E-state index contributed by atoms with van der Waals surface area (Å²) in [6.45, 7) is 2.93. The van der Waals surface area contributed by atoms with Gasteiger partial charge in [-0.3, -0.25) is 14.2 Å². The number of unbranched alkanes of at least 4 members (excludes halogenated alkanes) is 5. The highest BCUT2D eigenvalue weighted by atomic mass is 32.2. The highest BCUT2D eigenvalue weighted by molar-refractivity contribution is 8.02. The summed E-state index contributed by atoms with van der Waals surface area (Å²) >= 11 is 2.93. The molecule has 23 heavy (non-hydrogen) atoms. The summed E-state index contributed by atoms with van der Waals surface area (Å²) in [6, 6.07) is 0. The quantitative estimate of drug-likeness (QED) is 0.769. The van der Waals surface area contributed by atoms with E-state index >= 15 is 0 Å². The Morgan fingerprint density at radius 2 is 2.00 bits per heavy atom. The molecule has 0 saturated carbocycles. The molecule has 1 aliphatic rings. The van der Waals surface area contributed by atoms with Gasteiger partial charge in [-0.25, -0.2) is 4.98 Å². The van der Waals surface area contributed by atoms with E-state index in [-0.39, 0.29) is 11.5 Å². The molecule has 1 amide bonds. The molecule has 5 nitrogen and oxygen atoms in total. The molecule has 2 aromatic rings. The van der Waals surface area contributed by atoms with Gasteiger partial charge in [0.15, 0.2) is 0 Å². The Hall–Kier alpha value is -1.34. The van der Waals surface area contributed by atoms with E-state index in [2.05, 4.69) is 17.2 Å². The van der Waals surface area contributed by atoms with Crippen LogP contribution in [-0.2, 0) is 11.3 Å². The number of nitrogens with zero attached hydrogens (tertiary/aromatic N) is 2. The third kappa shape index (κ3) is 3.61. The van der Waals surface area contributed by atoms with Crippen LogP contribution in [0.5, 0.6) is 0 Å². The fourth-order valence-corrected chi connectivity index (χ4v) is 4.90. The smallest absolute Gasteiger partial charge is 0.271 e. The zero-order valence-electron chi connectivity index (χ0n) is 13.3. The van der Waals surface area contributed by atoms with Crippen LogP contribution in [0.4, 0.5) is 5.69 Å². The number of hydrogen-bond donors (Lipinski definition) is 1. The minimum atomic E-state index is -0.0275. The monoisotopic (exact) mass is 351 g/mol. The minimum Gasteiger partial charge on any atom is -0.322 e. The van der Waals surface area contributed by atoms with Gasteiger partial charge in [-0.2, -0.15) is 0 Å². The number of rotatable bonds is 7. The van der Waals surface area contributed by atoms with Gasteiger partial charge in [0.1, 0.15) is 10.2 Å². The normalized spacial score (nSPS) is 14.0. The first-order valence-electron chi connectivity index (χ1n) is 8.15. The zero-order valence-corrected chi connectivity index (χ0v) is 14.9. The highest BCUT2D eigenvalue weighted by Gasteiger charge is 2.23. The number of hydrogen-bond acceptors (Lipinski definition) is 5. The van der Waals surface area contributed by atoms with Crippen LogP contribution in [0.15, 0.2) is 15.3 Å². The summed E-state index contributed by atoms with van der Waals surface area (Å²) < 4.78 is 3.34. The molecule has 3 rings (SSSR count). The molecule has 0 unspecified atom stereocenters.